The molecule has 0 spiro atoms. The molecule has 4 nitrogen and oxygen atoms in total. The smallest absolute Gasteiger partial charge is 0.213 e. The summed E-state index contributed by atoms with van der Waals surface area (Å²) in [6.07, 6.45) is 1.83. The van der Waals surface area contributed by atoms with Crippen LogP contribution in [0.3, 0.4) is 0 Å². The van der Waals surface area contributed by atoms with Crippen molar-refractivity contribution in [3.63, 3.8) is 0 Å². The largest absolute Gasteiger partial charge is 0.330 e. The van der Waals surface area contributed by atoms with E-state index in [0.717, 1.165) is 12.8 Å². The Kier molecular flexibility index (Phi) is 6.31. The molecule has 0 aromatic heterocycles. The summed E-state index contributed by atoms with van der Waals surface area (Å²) in [5.41, 5.74) is 5.43. The quantitative estimate of drug-likeness (QED) is 0.665. The monoisotopic (exact) mass is 222 g/mol. The Hall–Kier alpha value is -0.130. The van der Waals surface area contributed by atoms with Crippen molar-refractivity contribution in [2.24, 2.45) is 11.7 Å². The van der Waals surface area contributed by atoms with Gasteiger partial charge in [0.2, 0.25) is 10.0 Å². The van der Waals surface area contributed by atoms with Crippen LogP contribution in [0.1, 0.15) is 33.6 Å². The molecule has 0 bridgehead atoms. The van der Waals surface area contributed by atoms with Crippen LogP contribution in [0.2, 0.25) is 0 Å². The average molecular weight is 222 g/mol. The maximum Gasteiger partial charge on any atom is 0.213 e. The topological polar surface area (TPSA) is 72.2 Å². The lowest BCUT2D eigenvalue weighted by atomic mass is 10.0. The second-order valence-electron chi connectivity index (χ2n) is 3.79. The first-order valence-corrected chi connectivity index (χ1v) is 6.67. The van der Waals surface area contributed by atoms with E-state index in [1.165, 1.54) is 0 Å². The fraction of sp³-hybridized carbons (Fsp3) is 1.00. The SMILES string of the molecule is CCC(CCN)CNS(=O)(=O)C(C)C. The molecule has 0 saturated heterocycles. The number of hydrogen-bond acceptors (Lipinski definition) is 3. The van der Waals surface area contributed by atoms with Gasteiger partial charge in [0.05, 0.1) is 5.25 Å². The number of hydrogen-bond donors (Lipinski definition) is 2. The molecule has 86 valence electrons. The minimum absolute atomic E-state index is 0.355. The Morgan fingerprint density at radius 1 is 1.36 bits per heavy atom. The summed E-state index contributed by atoms with van der Waals surface area (Å²) in [7, 11) is -3.11. The summed E-state index contributed by atoms with van der Waals surface area (Å²) in [6, 6.07) is 0. The number of nitrogens with one attached hydrogen (secondary N) is 1. The van der Waals surface area contributed by atoms with Crippen LogP contribution in [0.25, 0.3) is 0 Å². The molecule has 0 aliphatic rings. The molecule has 0 saturated carbocycles. The van der Waals surface area contributed by atoms with Gasteiger partial charge in [-0.3, -0.25) is 0 Å². The molecule has 0 aromatic rings. The Labute approximate surface area is 87.3 Å². The van der Waals surface area contributed by atoms with Crippen molar-refractivity contribution < 1.29 is 8.42 Å². The van der Waals surface area contributed by atoms with Crippen molar-refractivity contribution in [2.45, 2.75) is 38.9 Å². The van der Waals surface area contributed by atoms with E-state index in [2.05, 4.69) is 4.72 Å². The standard InChI is InChI=1S/C9H22N2O2S/c1-4-9(5-6-10)7-11-14(12,13)8(2)3/h8-9,11H,4-7,10H2,1-3H3. The van der Waals surface area contributed by atoms with Crippen molar-refractivity contribution >= 4 is 10.0 Å². The Morgan fingerprint density at radius 3 is 2.29 bits per heavy atom. The molecule has 3 N–H and O–H groups in total. The molecular weight excluding hydrogens is 200 g/mol. The number of nitrogens with two attached hydrogens (primary N) is 1. The van der Waals surface area contributed by atoms with Gasteiger partial charge in [0, 0.05) is 6.54 Å². The number of rotatable bonds is 7. The first-order chi connectivity index (χ1) is 6.44. The molecule has 1 unspecified atom stereocenters. The third-order valence-electron chi connectivity index (χ3n) is 2.35. The zero-order valence-electron chi connectivity index (χ0n) is 9.29. The summed E-state index contributed by atoms with van der Waals surface area (Å²) < 4.78 is 25.4. The lowest BCUT2D eigenvalue weighted by molar-refractivity contribution is 0.464. The molecular formula is C9H22N2O2S. The molecule has 0 aromatic carbocycles. The predicted molar refractivity (Wildman–Crippen MR) is 59.5 cm³/mol. The van der Waals surface area contributed by atoms with Gasteiger partial charge in [-0.2, -0.15) is 0 Å². The molecule has 14 heavy (non-hydrogen) atoms. The summed E-state index contributed by atoms with van der Waals surface area (Å²) >= 11 is 0. The molecule has 0 amide bonds. The van der Waals surface area contributed by atoms with Gasteiger partial charge in [0.25, 0.3) is 0 Å². The molecule has 0 rings (SSSR count). The van der Waals surface area contributed by atoms with Crippen molar-refractivity contribution in [3.05, 3.63) is 0 Å². The highest BCUT2D eigenvalue weighted by Gasteiger charge is 2.16. The van der Waals surface area contributed by atoms with Crippen LogP contribution in [0.15, 0.2) is 0 Å². The van der Waals surface area contributed by atoms with Gasteiger partial charge in [-0.15, -0.1) is 0 Å². The number of sulfonamides is 1. The van der Waals surface area contributed by atoms with Crippen LogP contribution in [-0.4, -0.2) is 26.8 Å². The van der Waals surface area contributed by atoms with E-state index in [9.17, 15) is 8.42 Å². The Morgan fingerprint density at radius 2 is 1.93 bits per heavy atom. The van der Waals surface area contributed by atoms with E-state index < -0.39 is 10.0 Å². The minimum atomic E-state index is -3.11. The van der Waals surface area contributed by atoms with Gasteiger partial charge in [0.1, 0.15) is 0 Å². The van der Waals surface area contributed by atoms with E-state index >= 15 is 0 Å². The average Bonchev–Trinajstić information content (AvgIpc) is 2.12. The van der Waals surface area contributed by atoms with Crippen LogP contribution in [0, 0.1) is 5.92 Å². The van der Waals surface area contributed by atoms with Gasteiger partial charge in [-0.1, -0.05) is 13.3 Å². The van der Waals surface area contributed by atoms with E-state index in [1.807, 2.05) is 6.92 Å². The Balaban J connectivity index is 4.03. The maximum absolute atomic E-state index is 11.4. The molecule has 0 aliphatic carbocycles. The van der Waals surface area contributed by atoms with Gasteiger partial charge in [-0.05, 0) is 32.7 Å². The Bertz CT molecular complexity index is 237. The zero-order valence-corrected chi connectivity index (χ0v) is 10.1. The van der Waals surface area contributed by atoms with Crippen molar-refractivity contribution in [3.8, 4) is 0 Å². The molecule has 0 aliphatic heterocycles. The molecule has 0 heterocycles. The highest BCUT2D eigenvalue weighted by Crippen LogP contribution is 2.06. The van der Waals surface area contributed by atoms with E-state index in [0.29, 0.717) is 19.0 Å². The van der Waals surface area contributed by atoms with Crippen LogP contribution >= 0.6 is 0 Å². The van der Waals surface area contributed by atoms with Gasteiger partial charge >= 0.3 is 0 Å². The fourth-order valence-electron chi connectivity index (χ4n) is 1.09. The van der Waals surface area contributed by atoms with Crippen LogP contribution in [0.4, 0.5) is 0 Å². The van der Waals surface area contributed by atoms with Gasteiger partial charge in [-0.25, -0.2) is 13.1 Å². The van der Waals surface area contributed by atoms with E-state index in [-0.39, 0.29) is 5.25 Å². The normalized spacial score (nSPS) is 14.6. The zero-order chi connectivity index (χ0) is 11.2. The van der Waals surface area contributed by atoms with Crippen LogP contribution < -0.4 is 10.5 Å². The van der Waals surface area contributed by atoms with E-state index in [1.54, 1.807) is 13.8 Å². The molecule has 5 heteroatoms. The molecule has 0 radical (unpaired) electrons. The summed E-state index contributed by atoms with van der Waals surface area (Å²) in [6.45, 7) is 6.51. The maximum atomic E-state index is 11.4. The first-order valence-electron chi connectivity index (χ1n) is 5.12. The summed E-state index contributed by atoms with van der Waals surface area (Å²) in [4.78, 5) is 0. The van der Waals surface area contributed by atoms with Crippen molar-refractivity contribution in [1.82, 2.24) is 4.72 Å². The minimum Gasteiger partial charge on any atom is -0.330 e. The van der Waals surface area contributed by atoms with Crippen molar-refractivity contribution in [1.29, 1.82) is 0 Å². The third-order valence-corrected chi connectivity index (χ3v) is 4.16. The fourth-order valence-corrected chi connectivity index (χ4v) is 1.89. The predicted octanol–water partition coefficient (Wildman–Crippen LogP) is 0.689. The molecule has 1 atom stereocenters. The van der Waals surface area contributed by atoms with Gasteiger partial charge in [0.15, 0.2) is 0 Å². The first kappa shape index (κ1) is 13.9. The third kappa shape index (κ3) is 4.93. The lowest BCUT2D eigenvalue weighted by Gasteiger charge is -2.16. The summed E-state index contributed by atoms with van der Waals surface area (Å²) in [5, 5.41) is -0.363. The second-order valence-corrected chi connectivity index (χ2v) is 6.12. The van der Waals surface area contributed by atoms with Crippen molar-refractivity contribution in [2.75, 3.05) is 13.1 Å². The summed E-state index contributed by atoms with van der Waals surface area (Å²) in [5.74, 6) is 0.355. The van der Waals surface area contributed by atoms with Gasteiger partial charge < -0.3 is 5.73 Å². The second kappa shape index (κ2) is 6.37. The van der Waals surface area contributed by atoms with Crippen LogP contribution in [-0.2, 0) is 10.0 Å². The highest BCUT2D eigenvalue weighted by molar-refractivity contribution is 7.90. The van der Waals surface area contributed by atoms with Crippen LogP contribution in [0.5, 0.6) is 0 Å². The highest BCUT2D eigenvalue weighted by atomic mass is 32.2. The lowest BCUT2D eigenvalue weighted by Crippen LogP contribution is -2.35. The molecule has 0 fully saturated rings. The van der Waals surface area contributed by atoms with E-state index in [4.69, 9.17) is 5.73 Å².